The Hall–Kier alpha value is -2.53. The summed E-state index contributed by atoms with van der Waals surface area (Å²) in [5, 5.41) is 10.4. The number of aromatic hydroxyl groups is 1. The van der Waals surface area contributed by atoms with Crippen LogP contribution in [0.25, 0.3) is 6.08 Å². The van der Waals surface area contributed by atoms with E-state index in [9.17, 15) is 9.90 Å². The Labute approximate surface area is 152 Å². The summed E-state index contributed by atoms with van der Waals surface area (Å²) in [6.45, 7) is 7.04. The minimum Gasteiger partial charge on any atom is -0.507 e. The number of piperidine rings is 1. The van der Waals surface area contributed by atoms with Gasteiger partial charge in [0.05, 0.1) is 17.4 Å². The number of benzene rings is 1. The SMILES string of the molecule is C[C@@H]1C[C@@H](C)CN(Cc2c(O)ccc3c2O/C(=C\c2ccco2)C3=O)C1. The molecule has 0 spiro atoms. The fourth-order valence-electron chi connectivity index (χ4n) is 4.10. The first kappa shape index (κ1) is 16.9. The first-order chi connectivity index (χ1) is 12.5. The summed E-state index contributed by atoms with van der Waals surface area (Å²) in [4.78, 5) is 15.0. The minimum atomic E-state index is -0.182. The van der Waals surface area contributed by atoms with E-state index in [0.717, 1.165) is 13.1 Å². The third-order valence-corrected chi connectivity index (χ3v) is 5.06. The molecule has 26 heavy (non-hydrogen) atoms. The van der Waals surface area contributed by atoms with E-state index in [1.165, 1.54) is 6.42 Å². The molecule has 0 amide bonds. The highest BCUT2D eigenvalue weighted by molar-refractivity contribution is 6.14. The second-order valence-corrected chi connectivity index (χ2v) is 7.54. The smallest absolute Gasteiger partial charge is 0.232 e. The number of carbonyl (C=O) groups is 1. The number of hydrogen-bond donors (Lipinski definition) is 1. The van der Waals surface area contributed by atoms with Gasteiger partial charge >= 0.3 is 0 Å². The molecule has 0 bridgehead atoms. The molecule has 2 aliphatic rings. The van der Waals surface area contributed by atoms with Crippen LogP contribution in [0.2, 0.25) is 0 Å². The van der Waals surface area contributed by atoms with E-state index < -0.39 is 0 Å². The van der Waals surface area contributed by atoms with Crippen LogP contribution in [0.3, 0.4) is 0 Å². The number of phenols is 1. The Morgan fingerprint density at radius 3 is 2.69 bits per heavy atom. The molecule has 1 aromatic heterocycles. The standard InChI is InChI=1S/C21H23NO4/c1-13-8-14(2)11-22(10-13)12-17-18(23)6-5-16-20(24)19(26-21(16)17)9-15-4-3-7-25-15/h3-7,9,13-14,23H,8,10-12H2,1-2H3/b19-9-/t13-,14-/m1/s1. The van der Waals surface area contributed by atoms with Crippen LogP contribution in [-0.2, 0) is 6.54 Å². The fourth-order valence-corrected chi connectivity index (χ4v) is 4.10. The molecule has 5 heteroatoms. The number of fused-ring (bicyclic) bond motifs is 1. The summed E-state index contributed by atoms with van der Waals surface area (Å²) >= 11 is 0. The number of Topliss-reactive ketones (excluding diaryl/α,β-unsaturated/α-hetero) is 1. The number of furan rings is 1. The van der Waals surface area contributed by atoms with Crippen molar-refractivity contribution in [2.24, 2.45) is 11.8 Å². The molecule has 4 rings (SSSR count). The summed E-state index contributed by atoms with van der Waals surface area (Å²) in [6.07, 6.45) is 4.36. The molecule has 3 heterocycles. The van der Waals surface area contributed by atoms with Gasteiger partial charge in [0.2, 0.25) is 5.78 Å². The number of phenolic OH excluding ortho intramolecular Hbond substituents is 1. The Morgan fingerprint density at radius 2 is 2.00 bits per heavy atom. The van der Waals surface area contributed by atoms with Gasteiger partial charge in [-0.25, -0.2) is 0 Å². The highest BCUT2D eigenvalue weighted by Crippen LogP contribution is 2.40. The number of ketones is 1. The summed E-state index contributed by atoms with van der Waals surface area (Å²) in [6, 6.07) is 6.74. The third-order valence-electron chi connectivity index (χ3n) is 5.06. The molecule has 1 aromatic carbocycles. The zero-order valence-corrected chi connectivity index (χ0v) is 15.1. The molecule has 2 aromatic rings. The minimum absolute atomic E-state index is 0.168. The summed E-state index contributed by atoms with van der Waals surface area (Å²) in [5.41, 5.74) is 1.17. The van der Waals surface area contributed by atoms with Crippen molar-refractivity contribution in [3.8, 4) is 11.5 Å². The Balaban J connectivity index is 1.64. The molecule has 0 unspecified atom stereocenters. The van der Waals surface area contributed by atoms with Gasteiger partial charge in [0, 0.05) is 25.7 Å². The summed E-state index contributed by atoms with van der Waals surface area (Å²) in [5.74, 6) is 2.48. The van der Waals surface area contributed by atoms with Crippen molar-refractivity contribution < 1.29 is 19.1 Å². The molecular formula is C21H23NO4. The molecule has 1 fully saturated rings. The van der Waals surface area contributed by atoms with Crippen LogP contribution in [0.5, 0.6) is 11.5 Å². The van der Waals surface area contributed by atoms with Gasteiger partial charge in [0.25, 0.3) is 0 Å². The van der Waals surface area contributed by atoms with Gasteiger partial charge in [-0.2, -0.15) is 0 Å². The second-order valence-electron chi connectivity index (χ2n) is 7.54. The van der Waals surface area contributed by atoms with E-state index in [1.54, 1.807) is 36.6 Å². The summed E-state index contributed by atoms with van der Waals surface area (Å²) < 4.78 is 11.1. The molecular weight excluding hydrogens is 330 g/mol. The van der Waals surface area contributed by atoms with E-state index >= 15 is 0 Å². The maximum atomic E-state index is 12.7. The van der Waals surface area contributed by atoms with Gasteiger partial charge in [0.15, 0.2) is 5.76 Å². The van der Waals surface area contributed by atoms with Crippen molar-refractivity contribution in [1.82, 2.24) is 4.90 Å². The van der Waals surface area contributed by atoms with Crippen LogP contribution in [-0.4, -0.2) is 28.9 Å². The first-order valence-corrected chi connectivity index (χ1v) is 9.06. The number of rotatable bonds is 3. The van der Waals surface area contributed by atoms with Crippen LogP contribution in [0.4, 0.5) is 0 Å². The molecule has 1 saturated heterocycles. The molecule has 2 aliphatic heterocycles. The van der Waals surface area contributed by atoms with Crippen LogP contribution in [0, 0.1) is 11.8 Å². The first-order valence-electron chi connectivity index (χ1n) is 9.06. The average Bonchev–Trinajstić information content (AvgIpc) is 3.19. The molecule has 0 aliphatic carbocycles. The number of ether oxygens (including phenoxy) is 1. The molecule has 2 atom stereocenters. The lowest BCUT2D eigenvalue weighted by atomic mass is 9.91. The zero-order chi connectivity index (χ0) is 18.3. The number of likely N-dealkylation sites (tertiary alicyclic amines) is 1. The number of nitrogens with zero attached hydrogens (tertiary/aromatic N) is 1. The van der Waals surface area contributed by atoms with E-state index in [2.05, 4.69) is 18.7 Å². The van der Waals surface area contributed by atoms with Crippen LogP contribution in [0.1, 0.15) is 41.9 Å². The maximum Gasteiger partial charge on any atom is 0.232 e. The van der Waals surface area contributed by atoms with Crippen molar-refractivity contribution in [2.45, 2.75) is 26.8 Å². The van der Waals surface area contributed by atoms with Crippen molar-refractivity contribution >= 4 is 11.9 Å². The third kappa shape index (κ3) is 3.15. The Bertz CT molecular complexity index is 843. The van der Waals surface area contributed by atoms with Gasteiger partial charge in [-0.05, 0) is 42.5 Å². The quantitative estimate of drug-likeness (QED) is 0.843. The van der Waals surface area contributed by atoms with E-state index in [0.29, 0.717) is 41.0 Å². The molecule has 0 radical (unpaired) electrons. The second kappa shape index (κ2) is 6.65. The van der Waals surface area contributed by atoms with Gasteiger partial charge in [-0.15, -0.1) is 0 Å². The van der Waals surface area contributed by atoms with Crippen molar-refractivity contribution in [1.29, 1.82) is 0 Å². The van der Waals surface area contributed by atoms with Gasteiger partial charge < -0.3 is 14.3 Å². The van der Waals surface area contributed by atoms with E-state index in [-0.39, 0.29) is 17.3 Å². The number of allylic oxidation sites excluding steroid dienone is 1. The molecule has 5 nitrogen and oxygen atoms in total. The topological polar surface area (TPSA) is 62.9 Å². The van der Waals surface area contributed by atoms with Crippen LogP contribution < -0.4 is 4.74 Å². The predicted molar refractivity (Wildman–Crippen MR) is 98.0 cm³/mol. The predicted octanol–water partition coefficient (Wildman–Crippen LogP) is 4.08. The Morgan fingerprint density at radius 1 is 1.23 bits per heavy atom. The lowest BCUT2D eigenvalue weighted by Crippen LogP contribution is -2.38. The van der Waals surface area contributed by atoms with Crippen LogP contribution >= 0.6 is 0 Å². The summed E-state index contributed by atoms with van der Waals surface area (Å²) in [7, 11) is 0. The van der Waals surface area contributed by atoms with E-state index in [1.807, 2.05) is 0 Å². The zero-order valence-electron chi connectivity index (χ0n) is 15.1. The van der Waals surface area contributed by atoms with Crippen molar-refractivity contribution in [3.63, 3.8) is 0 Å². The normalized spacial score (nSPS) is 24.7. The lowest BCUT2D eigenvalue weighted by Gasteiger charge is -2.35. The van der Waals surface area contributed by atoms with Crippen LogP contribution in [0.15, 0.2) is 40.7 Å². The molecule has 1 N–H and O–H groups in total. The lowest BCUT2D eigenvalue weighted by molar-refractivity contribution is 0.101. The van der Waals surface area contributed by atoms with Gasteiger partial charge in [-0.3, -0.25) is 9.69 Å². The highest BCUT2D eigenvalue weighted by Gasteiger charge is 2.32. The number of hydrogen-bond acceptors (Lipinski definition) is 5. The molecule has 136 valence electrons. The van der Waals surface area contributed by atoms with Crippen molar-refractivity contribution in [3.05, 3.63) is 53.2 Å². The van der Waals surface area contributed by atoms with Crippen molar-refractivity contribution in [2.75, 3.05) is 13.1 Å². The average molecular weight is 353 g/mol. The van der Waals surface area contributed by atoms with Gasteiger partial charge in [-0.1, -0.05) is 13.8 Å². The Kier molecular flexibility index (Phi) is 4.32. The van der Waals surface area contributed by atoms with E-state index in [4.69, 9.17) is 9.15 Å². The number of carbonyl (C=O) groups excluding carboxylic acids is 1. The maximum absolute atomic E-state index is 12.7. The van der Waals surface area contributed by atoms with Gasteiger partial charge in [0.1, 0.15) is 17.3 Å². The monoisotopic (exact) mass is 353 g/mol. The largest absolute Gasteiger partial charge is 0.507 e. The fraction of sp³-hybridized carbons (Fsp3) is 0.381. The molecule has 0 saturated carbocycles. The highest BCUT2D eigenvalue weighted by atomic mass is 16.5.